The number of benzene rings is 3. The molecule has 0 spiro atoms. The molecule has 0 heterocycles. The van der Waals surface area contributed by atoms with Crippen LogP contribution in [0.15, 0.2) is 66.7 Å². The predicted molar refractivity (Wildman–Crippen MR) is 106 cm³/mol. The van der Waals surface area contributed by atoms with Gasteiger partial charge in [0.1, 0.15) is 36.0 Å². The molecule has 28 heavy (non-hydrogen) atoms. The monoisotopic (exact) mass is 378 g/mol. The first-order valence-electron chi connectivity index (χ1n) is 8.90. The Morgan fingerprint density at radius 3 is 2.14 bits per heavy atom. The number of rotatable bonds is 8. The lowest BCUT2D eigenvalue weighted by atomic mass is 9.97. The first kappa shape index (κ1) is 19.5. The largest absolute Gasteiger partial charge is 0.507 e. The van der Waals surface area contributed by atoms with Gasteiger partial charge >= 0.3 is 0 Å². The third-order valence-corrected chi connectivity index (χ3v) is 4.36. The highest BCUT2D eigenvalue weighted by Gasteiger charge is 2.23. The van der Waals surface area contributed by atoms with Crippen LogP contribution in [0.3, 0.4) is 0 Å². The van der Waals surface area contributed by atoms with Gasteiger partial charge < -0.3 is 19.7 Å². The van der Waals surface area contributed by atoms with Crippen molar-refractivity contribution < 1.29 is 24.5 Å². The van der Waals surface area contributed by atoms with E-state index in [1.165, 1.54) is 13.2 Å². The second kappa shape index (κ2) is 9.06. The minimum atomic E-state index is -0.499. The molecule has 5 nitrogen and oxygen atoms in total. The van der Waals surface area contributed by atoms with E-state index in [9.17, 15) is 15.0 Å². The van der Waals surface area contributed by atoms with Gasteiger partial charge in [-0.2, -0.15) is 0 Å². The molecular formula is C23H22O5. The van der Waals surface area contributed by atoms with E-state index in [1.54, 1.807) is 0 Å². The summed E-state index contributed by atoms with van der Waals surface area (Å²) in [6.45, 7) is 0.0307. The molecule has 0 atom stereocenters. The Morgan fingerprint density at radius 2 is 1.54 bits per heavy atom. The van der Waals surface area contributed by atoms with Gasteiger partial charge in [-0.05, 0) is 11.1 Å². The molecule has 0 aliphatic heterocycles. The van der Waals surface area contributed by atoms with Gasteiger partial charge in [0.15, 0.2) is 5.78 Å². The molecule has 144 valence electrons. The van der Waals surface area contributed by atoms with Crippen LogP contribution in [0.25, 0.3) is 0 Å². The van der Waals surface area contributed by atoms with Gasteiger partial charge in [-0.1, -0.05) is 60.7 Å². The zero-order chi connectivity index (χ0) is 19.9. The molecule has 3 aromatic carbocycles. The van der Waals surface area contributed by atoms with Crippen LogP contribution in [0.4, 0.5) is 0 Å². The lowest BCUT2D eigenvalue weighted by Crippen LogP contribution is -2.10. The molecule has 0 amide bonds. The molecule has 0 aliphatic carbocycles. The molecule has 0 fully saturated rings. The molecule has 0 unspecified atom stereocenters. The Labute approximate surface area is 163 Å². The van der Waals surface area contributed by atoms with E-state index in [2.05, 4.69) is 0 Å². The van der Waals surface area contributed by atoms with Crippen molar-refractivity contribution in [2.45, 2.75) is 13.0 Å². The van der Waals surface area contributed by atoms with Crippen molar-refractivity contribution in [1.82, 2.24) is 0 Å². The highest BCUT2D eigenvalue weighted by Crippen LogP contribution is 2.40. The normalized spacial score (nSPS) is 10.6. The van der Waals surface area contributed by atoms with E-state index < -0.39 is 5.78 Å². The number of phenols is 2. The third-order valence-electron chi connectivity index (χ3n) is 4.36. The number of carbonyl (C=O) groups excluding carboxylic acids is 1. The number of aromatic hydroxyl groups is 2. The number of methoxy groups -OCH3 is 1. The van der Waals surface area contributed by atoms with Crippen molar-refractivity contribution in [3.8, 4) is 17.2 Å². The first-order valence-corrected chi connectivity index (χ1v) is 8.90. The molecule has 3 aromatic rings. The summed E-state index contributed by atoms with van der Waals surface area (Å²) in [5.74, 6) is -0.786. The second-order valence-electron chi connectivity index (χ2n) is 6.39. The molecule has 5 heteroatoms. The fourth-order valence-corrected chi connectivity index (χ4v) is 2.99. The summed E-state index contributed by atoms with van der Waals surface area (Å²) in [6, 6.07) is 20.5. The Kier molecular flexibility index (Phi) is 6.29. The van der Waals surface area contributed by atoms with Crippen molar-refractivity contribution in [1.29, 1.82) is 0 Å². The molecule has 3 rings (SSSR count). The number of hydrogen-bond acceptors (Lipinski definition) is 5. The van der Waals surface area contributed by atoms with Crippen molar-refractivity contribution in [3.63, 3.8) is 0 Å². The van der Waals surface area contributed by atoms with E-state index in [0.29, 0.717) is 17.7 Å². The van der Waals surface area contributed by atoms with Crippen molar-refractivity contribution in [2.75, 3.05) is 13.7 Å². The Bertz CT molecular complexity index is 936. The molecule has 2 N–H and O–H groups in total. The average Bonchev–Trinajstić information content (AvgIpc) is 2.70. The predicted octanol–water partition coefficient (Wildman–Crippen LogP) is 4.10. The van der Waals surface area contributed by atoms with E-state index in [-0.39, 0.29) is 30.3 Å². The maximum Gasteiger partial charge on any atom is 0.195 e. The van der Waals surface area contributed by atoms with Crippen LogP contribution in [0.1, 0.15) is 27.0 Å². The van der Waals surface area contributed by atoms with Crippen LogP contribution in [-0.4, -0.2) is 29.7 Å². The summed E-state index contributed by atoms with van der Waals surface area (Å²) in [4.78, 5) is 12.3. The molecule has 0 saturated carbocycles. The maximum absolute atomic E-state index is 12.3. The zero-order valence-corrected chi connectivity index (χ0v) is 15.6. The summed E-state index contributed by atoms with van der Waals surface area (Å²) in [5.41, 5.74) is 2.18. The van der Waals surface area contributed by atoms with Gasteiger partial charge in [-0.3, -0.25) is 4.79 Å². The molecule has 0 aromatic heterocycles. The molecule has 0 radical (unpaired) electrons. The number of phenolic OH excluding ortho intramolecular Hbond substituents is 2. The highest BCUT2D eigenvalue weighted by molar-refractivity contribution is 6.02. The number of ether oxygens (including phenoxy) is 2. The first-order chi connectivity index (χ1) is 13.6. The smallest absolute Gasteiger partial charge is 0.195 e. The van der Waals surface area contributed by atoms with E-state index in [4.69, 9.17) is 9.47 Å². The maximum atomic E-state index is 12.3. The molecule has 0 aliphatic rings. The number of ketones is 1. The van der Waals surface area contributed by atoms with Crippen LogP contribution in [0.2, 0.25) is 0 Å². The topological polar surface area (TPSA) is 76.0 Å². The van der Waals surface area contributed by atoms with Crippen molar-refractivity contribution >= 4 is 5.78 Å². The van der Waals surface area contributed by atoms with Crippen LogP contribution in [0.5, 0.6) is 17.2 Å². The third kappa shape index (κ3) is 4.50. The summed E-state index contributed by atoms with van der Waals surface area (Å²) >= 11 is 0. The molecule has 0 bridgehead atoms. The van der Waals surface area contributed by atoms with E-state index in [1.807, 2.05) is 60.7 Å². The zero-order valence-electron chi connectivity index (χ0n) is 15.6. The van der Waals surface area contributed by atoms with Gasteiger partial charge in [0.05, 0.1) is 0 Å². The lowest BCUT2D eigenvalue weighted by Gasteiger charge is -2.17. The van der Waals surface area contributed by atoms with E-state index >= 15 is 0 Å². The van der Waals surface area contributed by atoms with Crippen LogP contribution in [0, 0.1) is 0 Å². The van der Waals surface area contributed by atoms with Gasteiger partial charge in [0, 0.05) is 25.2 Å². The van der Waals surface area contributed by atoms with Gasteiger partial charge in [0.2, 0.25) is 0 Å². The van der Waals surface area contributed by atoms with E-state index in [0.717, 1.165) is 11.1 Å². The van der Waals surface area contributed by atoms with Crippen LogP contribution in [-0.2, 0) is 17.8 Å². The number of carbonyl (C=O) groups is 1. The van der Waals surface area contributed by atoms with Gasteiger partial charge in [-0.15, -0.1) is 0 Å². The van der Waals surface area contributed by atoms with Gasteiger partial charge in [0.25, 0.3) is 0 Å². The summed E-state index contributed by atoms with van der Waals surface area (Å²) in [5, 5.41) is 21.1. The van der Waals surface area contributed by atoms with Crippen LogP contribution < -0.4 is 4.74 Å². The fourth-order valence-electron chi connectivity index (χ4n) is 2.99. The minimum Gasteiger partial charge on any atom is -0.507 e. The quantitative estimate of drug-likeness (QED) is 0.577. The average molecular weight is 378 g/mol. The lowest BCUT2D eigenvalue weighted by molar-refractivity contribution is 0.0842. The minimum absolute atomic E-state index is 0.153. The van der Waals surface area contributed by atoms with Crippen LogP contribution >= 0.6 is 0 Å². The number of Topliss-reactive ketones (excluding diaryl/α,β-unsaturated/α-hetero) is 1. The number of hydrogen-bond donors (Lipinski definition) is 2. The Balaban J connectivity index is 2.00. The van der Waals surface area contributed by atoms with Crippen molar-refractivity contribution in [2.24, 2.45) is 0 Å². The summed E-state index contributed by atoms with van der Waals surface area (Å²) in [7, 11) is 1.38. The standard InChI is InChI=1S/C23H22O5/c1-27-15-20(25)22-19(24)13-21(28-14-17-10-6-3-7-11-17)18(23(22)26)12-16-8-4-2-5-9-16/h2-11,13,24,26H,12,14-15H2,1H3. The Morgan fingerprint density at radius 1 is 0.929 bits per heavy atom. The summed E-state index contributed by atoms with van der Waals surface area (Å²) in [6.07, 6.45) is 0.352. The molecular weight excluding hydrogens is 356 g/mol. The fraction of sp³-hybridized carbons (Fsp3) is 0.174. The summed E-state index contributed by atoms with van der Waals surface area (Å²) < 4.78 is 10.7. The SMILES string of the molecule is COCC(=O)c1c(O)cc(OCc2ccccc2)c(Cc2ccccc2)c1O. The molecule has 0 saturated heterocycles. The van der Waals surface area contributed by atoms with Crippen molar-refractivity contribution in [3.05, 3.63) is 89.0 Å². The van der Waals surface area contributed by atoms with Gasteiger partial charge in [-0.25, -0.2) is 0 Å². The second-order valence-corrected chi connectivity index (χ2v) is 6.39. The Hall–Kier alpha value is -3.31. The highest BCUT2D eigenvalue weighted by atomic mass is 16.5.